The van der Waals surface area contributed by atoms with Gasteiger partial charge in [-0.15, -0.1) is 0 Å². The molecule has 2 amide bonds. The van der Waals surface area contributed by atoms with E-state index in [0.29, 0.717) is 29.7 Å². The number of amides is 2. The number of hydrogen-bond donors (Lipinski definition) is 2. The Kier molecular flexibility index (Phi) is 4.02. The van der Waals surface area contributed by atoms with Crippen molar-refractivity contribution in [2.45, 2.75) is 6.92 Å². The van der Waals surface area contributed by atoms with Crippen LogP contribution >= 0.6 is 0 Å². The fourth-order valence-electron chi connectivity index (χ4n) is 1.69. The number of nitrogens with one attached hydrogen (secondary N) is 2. The quantitative estimate of drug-likeness (QED) is 0.782. The molecule has 0 bridgehead atoms. The summed E-state index contributed by atoms with van der Waals surface area (Å²) >= 11 is 0. The van der Waals surface area contributed by atoms with Crippen LogP contribution in [0.1, 0.15) is 17.3 Å². The average Bonchev–Trinajstić information content (AvgIpc) is 2.42. The van der Waals surface area contributed by atoms with Crippen molar-refractivity contribution < 1.29 is 9.59 Å². The summed E-state index contributed by atoms with van der Waals surface area (Å²) in [6.07, 6.45) is 3.14. The highest BCUT2D eigenvalue weighted by atomic mass is 16.2. The molecule has 98 valence electrons. The van der Waals surface area contributed by atoms with Crippen molar-refractivity contribution in [1.29, 1.82) is 0 Å². The van der Waals surface area contributed by atoms with Gasteiger partial charge in [0.15, 0.2) is 0 Å². The number of para-hydroxylation sites is 1. The van der Waals surface area contributed by atoms with Gasteiger partial charge in [0.1, 0.15) is 5.52 Å². The molecule has 0 aliphatic rings. The molecule has 0 unspecified atom stereocenters. The van der Waals surface area contributed by atoms with Gasteiger partial charge in [0, 0.05) is 32.4 Å². The highest BCUT2D eigenvalue weighted by Gasteiger charge is 2.10. The monoisotopic (exact) mass is 258 g/mol. The summed E-state index contributed by atoms with van der Waals surface area (Å²) in [5.41, 5.74) is 1.73. The summed E-state index contributed by atoms with van der Waals surface area (Å²) in [6.45, 7) is 2.20. The van der Waals surface area contributed by atoms with E-state index in [2.05, 4.69) is 20.6 Å². The SMILES string of the molecule is CC(=O)NCCNC(=O)c1cccc2nccnc12. The normalized spacial score (nSPS) is 10.2. The minimum absolute atomic E-state index is 0.120. The molecule has 2 rings (SSSR count). The Morgan fingerprint density at radius 3 is 2.63 bits per heavy atom. The smallest absolute Gasteiger partial charge is 0.253 e. The second kappa shape index (κ2) is 5.90. The van der Waals surface area contributed by atoms with E-state index < -0.39 is 0 Å². The molecule has 0 atom stereocenters. The molecule has 2 N–H and O–H groups in total. The Bertz CT molecular complexity index is 607. The number of hydrogen-bond acceptors (Lipinski definition) is 4. The molecule has 6 heteroatoms. The van der Waals surface area contributed by atoms with Crippen molar-refractivity contribution in [3.8, 4) is 0 Å². The lowest BCUT2D eigenvalue weighted by Gasteiger charge is -2.07. The Balaban J connectivity index is 2.07. The highest BCUT2D eigenvalue weighted by Crippen LogP contribution is 2.13. The molecule has 0 aliphatic carbocycles. The zero-order chi connectivity index (χ0) is 13.7. The number of fused-ring (bicyclic) bond motifs is 1. The average molecular weight is 258 g/mol. The van der Waals surface area contributed by atoms with Gasteiger partial charge >= 0.3 is 0 Å². The first-order valence-corrected chi connectivity index (χ1v) is 5.91. The van der Waals surface area contributed by atoms with Crippen molar-refractivity contribution >= 4 is 22.8 Å². The van der Waals surface area contributed by atoms with Crippen LogP contribution in [0.15, 0.2) is 30.6 Å². The number of benzene rings is 1. The standard InChI is InChI=1S/C13H14N4O2/c1-9(18)14-5-8-17-13(19)10-3-2-4-11-12(10)16-7-6-15-11/h2-4,6-7H,5,8H2,1H3,(H,14,18)(H,17,19). The van der Waals surface area contributed by atoms with Crippen LogP contribution in [0.5, 0.6) is 0 Å². The Morgan fingerprint density at radius 1 is 1.11 bits per heavy atom. The molecule has 0 radical (unpaired) electrons. The van der Waals surface area contributed by atoms with Gasteiger partial charge in [-0.1, -0.05) is 6.07 Å². The maximum absolute atomic E-state index is 12.0. The van der Waals surface area contributed by atoms with Crippen molar-refractivity contribution in [1.82, 2.24) is 20.6 Å². The third-order valence-corrected chi connectivity index (χ3v) is 2.53. The van der Waals surface area contributed by atoms with E-state index in [1.165, 1.54) is 6.92 Å². The molecule has 0 saturated heterocycles. The van der Waals surface area contributed by atoms with Crippen LogP contribution in [0.25, 0.3) is 11.0 Å². The minimum Gasteiger partial charge on any atom is -0.355 e. The topological polar surface area (TPSA) is 84.0 Å². The number of carbonyl (C=O) groups is 2. The summed E-state index contributed by atoms with van der Waals surface area (Å²) < 4.78 is 0. The van der Waals surface area contributed by atoms with Gasteiger partial charge in [-0.05, 0) is 12.1 Å². The molecule has 19 heavy (non-hydrogen) atoms. The zero-order valence-electron chi connectivity index (χ0n) is 10.5. The van der Waals surface area contributed by atoms with Crippen LogP contribution in [0, 0.1) is 0 Å². The van der Waals surface area contributed by atoms with Crippen molar-refractivity contribution in [2.24, 2.45) is 0 Å². The second-order valence-electron chi connectivity index (χ2n) is 3.97. The van der Waals surface area contributed by atoms with E-state index in [1.54, 1.807) is 30.6 Å². The van der Waals surface area contributed by atoms with Gasteiger partial charge < -0.3 is 10.6 Å². The first kappa shape index (κ1) is 12.9. The Labute approximate surface area is 110 Å². The van der Waals surface area contributed by atoms with Gasteiger partial charge in [-0.2, -0.15) is 0 Å². The lowest BCUT2D eigenvalue weighted by molar-refractivity contribution is -0.118. The predicted octanol–water partition coefficient (Wildman–Crippen LogP) is 0.496. The van der Waals surface area contributed by atoms with E-state index in [0.717, 1.165) is 0 Å². The van der Waals surface area contributed by atoms with E-state index >= 15 is 0 Å². The molecule has 0 spiro atoms. The van der Waals surface area contributed by atoms with Crippen molar-refractivity contribution in [3.05, 3.63) is 36.2 Å². The molecule has 0 aliphatic heterocycles. The third kappa shape index (κ3) is 3.25. The fourth-order valence-corrected chi connectivity index (χ4v) is 1.69. The lowest BCUT2D eigenvalue weighted by atomic mass is 10.1. The number of aromatic nitrogens is 2. The maximum atomic E-state index is 12.0. The van der Waals surface area contributed by atoms with Crippen LogP contribution in [0.3, 0.4) is 0 Å². The minimum atomic E-state index is -0.226. The highest BCUT2D eigenvalue weighted by molar-refractivity contribution is 6.04. The molecular formula is C13H14N4O2. The van der Waals surface area contributed by atoms with Crippen LogP contribution in [-0.4, -0.2) is 34.9 Å². The van der Waals surface area contributed by atoms with E-state index in [1.807, 2.05) is 0 Å². The second-order valence-corrected chi connectivity index (χ2v) is 3.97. The van der Waals surface area contributed by atoms with Crippen molar-refractivity contribution in [2.75, 3.05) is 13.1 Å². The van der Waals surface area contributed by atoms with Crippen LogP contribution in [0.2, 0.25) is 0 Å². The summed E-state index contributed by atoms with van der Waals surface area (Å²) in [6, 6.07) is 5.26. The van der Waals surface area contributed by atoms with Crippen LogP contribution in [-0.2, 0) is 4.79 Å². The van der Waals surface area contributed by atoms with Gasteiger partial charge in [-0.3, -0.25) is 19.6 Å². The largest absolute Gasteiger partial charge is 0.355 e. The summed E-state index contributed by atoms with van der Waals surface area (Å²) in [7, 11) is 0. The summed E-state index contributed by atoms with van der Waals surface area (Å²) in [5.74, 6) is -0.346. The first-order chi connectivity index (χ1) is 9.18. The van der Waals surface area contributed by atoms with Gasteiger partial charge in [0.05, 0.1) is 11.1 Å². The number of carbonyl (C=O) groups excluding carboxylic acids is 2. The number of rotatable bonds is 4. The number of nitrogens with zero attached hydrogens (tertiary/aromatic N) is 2. The molecule has 1 heterocycles. The maximum Gasteiger partial charge on any atom is 0.253 e. The molecule has 0 saturated carbocycles. The Morgan fingerprint density at radius 2 is 1.84 bits per heavy atom. The summed E-state index contributed by atoms with van der Waals surface area (Å²) in [4.78, 5) is 31.0. The van der Waals surface area contributed by atoms with E-state index in [-0.39, 0.29) is 11.8 Å². The summed E-state index contributed by atoms with van der Waals surface area (Å²) in [5, 5.41) is 5.33. The first-order valence-electron chi connectivity index (χ1n) is 5.91. The van der Waals surface area contributed by atoms with Gasteiger partial charge in [0.25, 0.3) is 5.91 Å². The van der Waals surface area contributed by atoms with Crippen LogP contribution < -0.4 is 10.6 Å². The zero-order valence-corrected chi connectivity index (χ0v) is 10.5. The van der Waals surface area contributed by atoms with Crippen molar-refractivity contribution in [3.63, 3.8) is 0 Å². The van der Waals surface area contributed by atoms with Gasteiger partial charge in [0.2, 0.25) is 5.91 Å². The molecular weight excluding hydrogens is 244 g/mol. The van der Waals surface area contributed by atoms with E-state index in [4.69, 9.17) is 0 Å². The fraction of sp³-hybridized carbons (Fsp3) is 0.231. The molecule has 2 aromatic rings. The molecule has 0 fully saturated rings. The van der Waals surface area contributed by atoms with E-state index in [9.17, 15) is 9.59 Å². The van der Waals surface area contributed by atoms with Crippen LogP contribution in [0.4, 0.5) is 0 Å². The molecule has 1 aromatic carbocycles. The molecule has 1 aromatic heterocycles. The van der Waals surface area contributed by atoms with Gasteiger partial charge in [-0.25, -0.2) is 0 Å². The predicted molar refractivity (Wildman–Crippen MR) is 70.6 cm³/mol. The Hall–Kier alpha value is -2.50. The molecule has 6 nitrogen and oxygen atoms in total. The lowest BCUT2D eigenvalue weighted by Crippen LogP contribution is -2.33. The third-order valence-electron chi connectivity index (χ3n) is 2.53.